The molecule has 3 aromatic rings. The molecule has 0 spiro atoms. The van der Waals surface area contributed by atoms with Gasteiger partial charge in [-0.15, -0.1) is 11.3 Å². The molecule has 2 aliphatic rings. The summed E-state index contributed by atoms with van der Waals surface area (Å²) in [5, 5.41) is 2.69. The van der Waals surface area contributed by atoms with E-state index in [4.69, 9.17) is 0 Å². The zero-order valence-electron chi connectivity index (χ0n) is 16.6. The predicted octanol–water partition coefficient (Wildman–Crippen LogP) is 3.90. The molecule has 5 rings (SSSR count). The lowest BCUT2D eigenvalue weighted by Crippen LogP contribution is -2.51. The number of hydrogen-bond donors (Lipinski definition) is 0. The van der Waals surface area contributed by atoms with Crippen molar-refractivity contribution in [3.8, 4) is 10.6 Å². The monoisotopic (exact) mass is 417 g/mol. The van der Waals surface area contributed by atoms with Gasteiger partial charge in [-0.05, 0) is 17.9 Å². The number of piperazine rings is 1. The van der Waals surface area contributed by atoms with Crippen molar-refractivity contribution < 1.29 is 9.59 Å². The summed E-state index contributed by atoms with van der Waals surface area (Å²) in [6.07, 6.45) is 0.934. The summed E-state index contributed by atoms with van der Waals surface area (Å²) in [5.74, 6) is 0.636. The molecule has 1 aliphatic heterocycles. The number of aromatic nitrogens is 1. The van der Waals surface area contributed by atoms with Gasteiger partial charge in [-0.2, -0.15) is 0 Å². The molecule has 2 fully saturated rings. The van der Waals surface area contributed by atoms with E-state index in [0.717, 1.165) is 17.0 Å². The number of carbonyl (C=O) groups excluding carboxylic acids is 2. The maximum atomic E-state index is 12.9. The fourth-order valence-electron chi connectivity index (χ4n) is 4.15. The highest BCUT2D eigenvalue weighted by molar-refractivity contribution is 7.13. The van der Waals surface area contributed by atoms with Gasteiger partial charge < -0.3 is 9.80 Å². The van der Waals surface area contributed by atoms with Gasteiger partial charge in [-0.3, -0.25) is 9.59 Å². The average Bonchev–Trinajstić information content (AvgIpc) is 3.47. The summed E-state index contributed by atoms with van der Waals surface area (Å²) in [5.41, 5.74) is 2.77. The minimum atomic E-state index is -0.0471. The summed E-state index contributed by atoms with van der Waals surface area (Å²) in [7, 11) is 0. The molecular formula is C24H23N3O2S. The zero-order valence-corrected chi connectivity index (χ0v) is 17.4. The van der Waals surface area contributed by atoms with Crippen LogP contribution in [0.1, 0.15) is 28.4 Å². The normalized spacial score (nSPS) is 20.8. The maximum absolute atomic E-state index is 12.9. The molecule has 1 saturated carbocycles. The number of benzene rings is 2. The highest BCUT2D eigenvalue weighted by atomic mass is 32.1. The van der Waals surface area contributed by atoms with Crippen LogP contribution in [0.3, 0.4) is 0 Å². The molecule has 5 nitrogen and oxygen atoms in total. The number of hydrogen-bond acceptors (Lipinski definition) is 4. The van der Waals surface area contributed by atoms with Gasteiger partial charge in [0.05, 0.1) is 0 Å². The van der Waals surface area contributed by atoms with Crippen molar-refractivity contribution in [2.75, 3.05) is 26.2 Å². The van der Waals surface area contributed by atoms with Crippen LogP contribution < -0.4 is 0 Å². The third kappa shape index (κ3) is 3.75. The molecule has 0 radical (unpaired) electrons. The molecule has 2 unspecified atom stereocenters. The minimum absolute atomic E-state index is 0.0471. The lowest BCUT2D eigenvalue weighted by atomic mass is 10.1. The Labute approximate surface area is 180 Å². The van der Waals surface area contributed by atoms with E-state index in [1.54, 1.807) is 0 Å². The van der Waals surface area contributed by atoms with E-state index in [0.29, 0.717) is 37.8 Å². The number of carbonyl (C=O) groups is 2. The second-order valence-electron chi connectivity index (χ2n) is 7.88. The van der Waals surface area contributed by atoms with Gasteiger partial charge in [0.15, 0.2) is 0 Å². The maximum Gasteiger partial charge on any atom is 0.273 e. The molecule has 0 bridgehead atoms. The fourth-order valence-corrected chi connectivity index (χ4v) is 4.95. The summed E-state index contributed by atoms with van der Waals surface area (Å²) >= 11 is 1.49. The standard InChI is InChI=1S/C24H23N3O2S/c28-23(20-15-19(20)17-7-3-1-4-8-17)26-11-13-27(14-12-26)24(29)21-16-30-22(25-21)18-9-5-2-6-10-18/h1-10,16,19-20H,11-15H2. The lowest BCUT2D eigenvalue weighted by Gasteiger charge is -2.34. The van der Waals surface area contributed by atoms with Gasteiger partial charge in [0.1, 0.15) is 10.7 Å². The Bertz CT molecular complexity index is 1040. The lowest BCUT2D eigenvalue weighted by molar-refractivity contribution is -0.134. The van der Waals surface area contributed by atoms with Crippen molar-refractivity contribution in [2.45, 2.75) is 12.3 Å². The Kier molecular flexibility index (Phi) is 5.09. The zero-order chi connectivity index (χ0) is 20.5. The van der Waals surface area contributed by atoms with E-state index in [-0.39, 0.29) is 17.7 Å². The van der Waals surface area contributed by atoms with Crippen LogP contribution in [0.25, 0.3) is 10.6 Å². The molecule has 30 heavy (non-hydrogen) atoms. The van der Waals surface area contributed by atoms with E-state index in [1.807, 2.05) is 63.7 Å². The van der Waals surface area contributed by atoms with Crippen molar-refractivity contribution in [3.05, 3.63) is 77.3 Å². The van der Waals surface area contributed by atoms with Crippen LogP contribution in [0.4, 0.5) is 0 Å². The topological polar surface area (TPSA) is 53.5 Å². The summed E-state index contributed by atoms with van der Waals surface area (Å²) in [4.78, 5) is 34.0. The van der Waals surface area contributed by atoms with E-state index in [9.17, 15) is 9.59 Å². The van der Waals surface area contributed by atoms with Gasteiger partial charge in [0, 0.05) is 43.0 Å². The first kappa shape index (κ1) is 19.0. The van der Waals surface area contributed by atoms with Crippen LogP contribution in [-0.4, -0.2) is 52.8 Å². The molecule has 2 heterocycles. The number of thiazole rings is 1. The summed E-state index contributed by atoms with van der Waals surface area (Å²) in [6, 6.07) is 20.2. The molecule has 2 atom stereocenters. The molecule has 1 aromatic heterocycles. The Morgan fingerprint density at radius 2 is 1.50 bits per heavy atom. The molecule has 0 N–H and O–H groups in total. The number of nitrogens with zero attached hydrogens (tertiary/aromatic N) is 3. The molecule has 6 heteroatoms. The highest BCUT2D eigenvalue weighted by Crippen LogP contribution is 2.48. The van der Waals surface area contributed by atoms with Crippen molar-refractivity contribution in [3.63, 3.8) is 0 Å². The third-order valence-corrected chi connectivity index (χ3v) is 6.85. The smallest absolute Gasteiger partial charge is 0.273 e. The first-order valence-electron chi connectivity index (χ1n) is 10.3. The number of amides is 2. The largest absolute Gasteiger partial charge is 0.339 e. The Balaban J connectivity index is 1.17. The van der Waals surface area contributed by atoms with Crippen LogP contribution in [0.15, 0.2) is 66.0 Å². The Morgan fingerprint density at radius 1 is 0.867 bits per heavy atom. The summed E-state index contributed by atoms with van der Waals surface area (Å²) < 4.78 is 0. The van der Waals surface area contributed by atoms with Gasteiger partial charge in [0.2, 0.25) is 5.91 Å². The van der Waals surface area contributed by atoms with E-state index in [2.05, 4.69) is 17.1 Å². The van der Waals surface area contributed by atoms with Gasteiger partial charge in [-0.1, -0.05) is 60.7 Å². The Hall–Kier alpha value is -2.99. The SMILES string of the molecule is O=C(c1csc(-c2ccccc2)n1)N1CCN(C(=O)C2CC2c2ccccc2)CC1. The molecule has 152 valence electrons. The average molecular weight is 418 g/mol. The molecule has 2 amide bonds. The molecular weight excluding hydrogens is 394 g/mol. The molecule has 1 saturated heterocycles. The first-order valence-corrected chi connectivity index (χ1v) is 11.2. The molecule has 1 aliphatic carbocycles. The quantitative estimate of drug-likeness (QED) is 0.647. The molecule has 2 aromatic carbocycles. The van der Waals surface area contributed by atoms with Crippen LogP contribution in [-0.2, 0) is 4.79 Å². The Morgan fingerprint density at radius 3 is 2.20 bits per heavy atom. The van der Waals surface area contributed by atoms with E-state index < -0.39 is 0 Å². The minimum Gasteiger partial charge on any atom is -0.339 e. The second-order valence-corrected chi connectivity index (χ2v) is 8.74. The van der Waals surface area contributed by atoms with Crippen LogP contribution in [0.2, 0.25) is 0 Å². The predicted molar refractivity (Wildman–Crippen MR) is 117 cm³/mol. The first-order chi connectivity index (χ1) is 14.7. The van der Waals surface area contributed by atoms with E-state index >= 15 is 0 Å². The van der Waals surface area contributed by atoms with Crippen LogP contribution in [0.5, 0.6) is 0 Å². The second kappa shape index (κ2) is 8.03. The van der Waals surface area contributed by atoms with Crippen molar-refractivity contribution >= 4 is 23.2 Å². The fraction of sp³-hybridized carbons (Fsp3) is 0.292. The van der Waals surface area contributed by atoms with Gasteiger partial charge in [0.25, 0.3) is 5.91 Å². The summed E-state index contributed by atoms with van der Waals surface area (Å²) in [6.45, 7) is 2.31. The van der Waals surface area contributed by atoms with Crippen LogP contribution >= 0.6 is 11.3 Å². The van der Waals surface area contributed by atoms with Crippen LogP contribution in [0, 0.1) is 5.92 Å². The number of rotatable bonds is 4. The van der Waals surface area contributed by atoms with Crippen molar-refractivity contribution in [1.29, 1.82) is 0 Å². The highest BCUT2D eigenvalue weighted by Gasteiger charge is 2.46. The third-order valence-electron chi connectivity index (χ3n) is 5.96. The van der Waals surface area contributed by atoms with E-state index in [1.165, 1.54) is 16.9 Å². The van der Waals surface area contributed by atoms with Gasteiger partial charge >= 0.3 is 0 Å². The van der Waals surface area contributed by atoms with Gasteiger partial charge in [-0.25, -0.2) is 4.98 Å². The van der Waals surface area contributed by atoms with Crippen molar-refractivity contribution in [2.24, 2.45) is 5.92 Å². The van der Waals surface area contributed by atoms with Crippen molar-refractivity contribution in [1.82, 2.24) is 14.8 Å².